The van der Waals surface area contributed by atoms with Gasteiger partial charge in [-0.05, 0) is 18.6 Å². The molecule has 1 aromatic carbocycles. The van der Waals surface area contributed by atoms with Crippen LogP contribution in [0.5, 0.6) is 5.75 Å². The number of aldehydes is 1. The molecule has 0 bridgehead atoms. The maximum absolute atomic E-state index is 9.74. The first-order valence-corrected chi connectivity index (χ1v) is 4.40. The first kappa shape index (κ1) is 11.7. The van der Waals surface area contributed by atoms with E-state index < -0.39 is 0 Å². The molecule has 0 aromatic heterocycles. The number of phenolic OH excluding ortho intramolecular Hbond substituents is 1. The number of para-hydroxylation sites is 1. The minimum Gasteiger partial charge on any atom is -0.508 e. The minimum atomic E-state index is 0.255. The summed E-state index contributed by atoms with van der Waals surface area (Å²) in [6.45, 7) is 3.91. The number of phenols is 1. The molecule has 13 heavy (non-hydrogen) atoms. The summed E-state index contributed by atoms with van der Waals surface area (Å²) in [6, 6.07) is 8.71. The van der Waals surface area contributed by atoms with Crippen LogP contribution in [-0.2, 0) is 4.79 Å². The van der Waals surface area contributed by atoms with Gasteiger partial charge < -0.3 is 9.90 Å². The third-order valence-electron chi connectivity index (χ3n) is 1.63. The molecule has 0 aliphatic heterocycles. The first-order chi connectivity index (χ1) is 6.20. The minimum absolute atomic E-state index is 0.255. The van der Waals surface area contributed by atoms with Gasteiger partial charge in [-0.25, -0.2) is 0 Å². The summed E-state index contributed by atoms with van der Waals surface area (Å²) in [6.07, 6.45) is 1.93. The summed E-state index contributed by atoms with van der Waals surface area (Å²) in [7, 11) is 0. The summed E-state index contributed by atoms with van der Waals surface area (Å²) in [5.41, 5.74) is 0. The van der Waals surface area contributed by atoms with Gasteiger partial charge in [0.15, 0.2) is 0 Å². The van der Waals surface area contributed by atoms with Gasteiger partial charge in [0, 0.05) is 5.92 Å². The topological polar surface area (TPSA) is 37.3 Å². The Balaban J connectivity index is 0.000000226. The van der Waals surface area contributed by atoms with E-state index in [1.165, 1.54) is 0 Å². The van der Waals surface area contributed by atoms with Crippen LogP contribution in [0, 0.1) is 5.92 Å². The van der Waals surface area contributed by atoms with Crippen molar-refractivity contribution < 1.29 is 9.90 Å². The second-order valence-electron chi connectivity index (χ2n) is 2.86. The van der Waals surface area contributed by atoms with Gasteiger partial charge in [0.1, 0.15) is 12.0 Å². The molecule has 1 aromatic rings. The van der Waals surface area contributed by atoms with Crippen molar-refractivity contribution in [1.82, 2.24) is 0 Å². The van der Waals surface area contributed by atoms with Crippen LogP contribution in [-0.4, -0.2) is 11.4 Å². The molecule has 0 radical (unpaired) electrons. The standard InChI is InChI=1S/C6H6O.C5H10O/c7-6-4-2-1-3-5-6;1-3-5(2)4-6/h1-5,7H;4-5H,3H2,1-2H3. The molecule has 1 N–H and O–H groups in total. The summed E-state index contributed by atoms with van der Waals surface area (Å²) >= 11 is 0. The van der Waals surface area contributed by atoms with Crippen molar-refractivity contribution in [3.05, 3.63) is 30.3 Å². The largest absolute Gasteiger partial charge is 0.508 e. The normalized spacial score (nSPS) is 10.9. The molecule has 1 atom stereocenters. The molecule has 2 nitrogen and oxygen atoms in total. The van der Waals surface area contributed by atoms with Crippen LogP contribution in [0.4, 0.5) is 0 Å². The van der Waals surface area contributed by atoms with Crippen molar-refractivity contribution >= 4 is 6.29 Å². The fourth-order valence-electron chi connectivity index (χ4n) is 0.524. The summed E-state index contributed by atoms with van der Waals surface area (Å²) in [4.78, 5) is 9.74. The highest BCUT2D eigenvalue weighted by Gasteiger charge is 1.89. The van der Waals surface area contributed by atoms with E-state index in [0.29, 0.717) is 5.75 Å². The molecular weight excluding hydrogens is 164 g/mol. The zero-order chi connectivity index (χ0) is 10.1. The Morgan fingerprint density at radius 2 is 1.92 bits per heavy atom. The molecule has 1 unspecified atom stereocenters. The summed E-state index contributed by atoms with van der Waals surface area (Å²) in [5.74, 6) is 0.576. The first-order valence-electron chi connectivity index (χ1n) is 4.40. The van der Waals surface area contributed by atoms with Crippen molar-refractivity contribution in [2.75, 3.05) is 0 Å². The molecule has 0 saturated carbocycles. The van der Waals surface area contributed by atoms with E-state index in [1.54, 1.807) is 24.3 Å². The van der Waals surface area contributed by atoms with Crippen LogP contribution in [0.3, 0.4) is 0 Å². The Kier molecular flexibility index (Phi) is 6.60. The van der Waals surface area contributed by atoms with Gasteiger partial charge >= 0.3 is 0 Å². The zero-order valence-electron chi connectivity index (χ0n) is 8.10. The van der Waals surface area contributed by atoms with Gasteiger partial charge in [0.25, 0.3) is 0 Å². The lowest BCUT2D eigenvalue weighted by atomic mass is 10.2. The Labute approximate surface area is 79.2 Å². The molecule has 0 heterocycles. The van der Waals surface area contributed by atoms with E-state index in [0.717, 1.165) is 12.7 Å². The van der Waals surface area contributed by atoms with Crippen molar-refractivity contribution in [1.29, 1.82) is 0 Å². The van der Waals surface area contributed by atoms with Gasteiger partial charge in [0.05, 0.1) is 0 Å². The Morgan fingerprint density at radius 3 is 2.08 bits per heavy atom. The maximum Gasteiger partial charge on any atom is 0.122 e. The molecule has 0 amide bonds. The van der Waals surface area contributed by atoms with Gasteiger partial charge in [-0.15, -0.1) is 0 Å². The number of hydrogen-bond donors (Lipinski definition) is 1. The average molecular weight is 180 g/mol. The van der Waals surface area contributed by atoms with Crippen molar-refractivity contribution in [3.63, 3.8) is 0 Å². The highest BCUT2D eigenvalue weighted by molar-refractivity contribution is 5.52. The lowest BCUT2D eigenvalue weighted by Gasteiger charge is -1.89. The van der Waals surface area contributed by atoms with Crippen molar-refractivity contribution in [2.45, 2.75) is 20.3 Å². The third-order valence-corrected chi connectivity index (χ3v) is 1.63. The smallest absolute Gasteiger partial charge is 0.122 e. The predicted molar refractivity (Wildman–Crippen MR) is 53.6 cm³/mol. The second kappa shape index (κ2) is 7.35. The molecule has 1 rings (SSSR count). The van der Waals surface area contributed by atoms with E-state index >= 15 is 0 Å². The fraction of sp³-hybridized carbons (Fsp3) is 0.364. The number of benzene rings is 1. The maximum atomic E-state index is 9.74. The lowest BCUT2D eigenvalue weighted by molar-refractivity contribution is -0.110. The van der Waals surface area contributed by atoms with Crippen molar-refractivity contribution in [3.8, 4) is 5.75 Å². The number of rotatable bonds is 2. The average Bonchev–Trinajstić information content (AvgIpc) is 2.19. The molecule has 0 fully saturated rings. The Hall–Kier alpha value is -1.31. The Morgan fingerprint density at radius 1 is 1.38 bits per heavy atom. The van der Waals surface area contributed by atoms with Gasteiger partial charge in [-0.1, -0.05) is 32.0 Å². The van der Waals surface area contributed by atoms with E-state index in [-0.39, 0.29) is 5.92 Å². The van der Waals surface area contributed by atoms with Crippen LogP contribution in [0.2, 0.25) is 0 Å². The molecule has 2 heteroatoms. The summed E-state index contributed by atoms with van der Waals surface area (Å²) < 4.78 is 0. The highest BCUT2D eigenvalue weighted by Crippen LogP contribution is 2.02. The fourth-order valence-corrected chi connectivity index (χ4v) is 0.524. The number of hydrogen-bond acceptors (Lipinski definition) is 2. The van der Waals surface area contributed by atoms with E-state index in [2.05, 4.69) is 0 Å². The predicted octanol–water partition coefficient (Wildman–Crippen LogP) is 2.62. The monoisotopic (exact) mass is 180 g/mol. The molecule has 0 aliphatic carbocycles. The number of carbonyl (C=O) groups excluding carboxylic acids is 1. The quantitative estimate of drug-likeness (QED) is 0.710. The van der Waals surface area contributed by atoms with E-state index in [9.17, 15) is 4.79 Å². The van der Waals surface area contributed by atoms with Crippen molar-refractivity contribution in [2.24, 2.45) is 5.92 Å². The molecule has 0 saturated heterocycles. The lowest BCUT2D eigenvalue weighted by Crippen LogP contribution is -1.89. The molecule has 0 aliphatic rings. The van der Waals surface area contributed by atoms with E-state index in [1.807, 2.05) is 19.9 Å². The van der Waals surface area contributed by atoms with Gasteiger partial charge in [-0.2, -0.15) is 0 Å². The second-order valence-corrected chi connectivity index (χ2v) is 2.86. The molecular formula is C11H16O2. The molecule has 72 valence electrons. The van der Waals surface area contributed by atoms with Crippen LogP contribution in [0.1, 0.15) is 20.3 Å². The third kappa shape index (κ3) is 7.06. The SMILES string of the molecule is CCC(C)C=O.Oc1ccccc1. The summed E-state index contributed by atoms with van der Waals surface area (Å²) in [5, 5.41) is 8.63. The Bertz CT molecular complexity index is 219. The van der Waals surface area contributed by atoms with Crippen LogP contribution >= 0.6 is 0 Å². The number of carbonyl (C=O) groups is 1. The van der Waals surface area contributed by atoms with Crippen LogP contribution in [0.15, 0.2) is 30.3 Å². The highest BCUT2D eigenvalue weighted by atomic mass is 16.3. The van der Waals surface area contributed by atoms with E-state index in [4.69, 9.17) is 5.11 Å². The van der Waals surface area contributed by atoms with Gasteiger partial charge in [-0.3, -0.25) is 0 Å². The number of aromatic hydroxyl groups is 1. The molecule has 0 spiro atoms. The van der Waals surface area contributed by atoms with Crippen LogP contribution < -0.4 is 0 Å². The zero-order valence-corrected chi connectivity index (χ0v) is 8.10. The van der Waals surface area contributed by atoms with Crippen LogP contribution in [0.25, 0.3) is 0 Å². The van der Waals surface area contributed by atoms with Gasteiger partial charge in [0.2, 0.25) is 0 Å².